The number of benzene rings is 1. The Morgan fingerprint density at radius 1 is 1.19 bits per heavy atom. The second-order valence-corrected chi connectivity index (χ2v) is 7.65. The Kier molecular flexibility index (Phi) is 6.40. The molecular formula is C20H26FN3OS. The molecule has 2 atom stereocenters. The molecule has 0 unspecified atom stereocenters. The van der Waals surface area contributed by atoms with Gasteiger partial charge in [-0.15, -0.1) is 11.3 Å². The molecule has 2 heterocycles. The first-order chi connectivity index (χ1) is 12.6. The highest BCUT2D eigenvalue weighted by molar-refractivity contribution is 7.10. The van der Waals surface area contributed by atoms with Gasteiger partial charge in [0.15, 0.2) is 0 Å². The molecule has 0 bridgehead atoms. The van der Waals surface area contributed by atoms with Gasteiger partial charge in [-0.3, -0.25) is 9.69 Å². The molecule has 1 amide bonds. The van der Waals surface area contributed by atoms with E-state index in [0.29, 0.717) is 0 Å². The first kappa shape index (κ1) is 19.0. The number of nitrogens with zero attached hydrogens (tertiary/aromatic N) is 2. The molecule has 0 spiro atoms. The lowest BCUT2D eigenvalue weighted by molar-refractivity contribution is 0.0751. The van der Waals surface area contributed by atoms with Gasteiger partial charge < -0.3 is 10.2 Å². The largest absolute Gasteiger partial charge is 0.348 e. The maximum absolute atomic E-state index is 13.9. The summed E-state index contributed by atoms with van der Waals surface area (Å²) >= 11 is 1.70. The van der Waals surface area contributed by atoms with E-state index in [1.807, 2.05) is 13.0 Å². The first-order valence-corrected chi connectivity index (χ1v) is 10.0. The zero-order valence-electron chi connectivity index (χ0n) is 15.3. The van der Waals surface area contributed by atoms with Gasteiger partial charge in [-0.2, -0.15) is 0 Å². The van der Waals surface area contributed by atoms with Gasteiger partial charge in [0.25, 0.3) is 5.91 Å². The average molecular weight is 376 g/mol. The quantitative estimate of drug-likeness (QED) is 0.841. The van der Waals surface area contributed by atoms with Crippen LogP contribution in [0.2, 0.25) is 0 Å². The maximum atomic E-state index is 13.9. The molecule has 0 saturated carbocycles. The van der Waals surface area contributed by atoms with Gasteiger partial charge >= 0.3 is 0 Å². The minimum absolute atomic E-state index is 0.0973. The third kappa shape index (κ3) is 4.31. The molecule has 1 saturated heterocycles. The van der Waals surface area contributed by atoms with Crippen LogP contribution in [0, 0.1) is 5.82 Å². The van der Waals surface area contributed by atoms with E-state index in [2.05, 4.69) is 33.5 Å². The van der Waals surface area contributed by atoms with Crippen LogP contribution < -0.4 is 5.32 Å². The third-order valence-corrected chi connectivity index (χ3v) is 5.98. The second kappa shape index (κ2) is 8.75. The molecule has 1 aliphatic rings. The monoisotopic (exact) mass is 375 g/mol. The number of hydrogen-bond acceptors (Lipinski definition) is 4. The summed E-state index contributed by atoms with van der Waals surface area (Å²) in [5.74, 6) is -0.842. The molecule has 1 aromatic carbocycles. The van der Waals surface area contributed by atoms with Crippen molar-refractivity contribution in [3.63, 3.8) is 0 Å². The van der Waals surface area contributed by atoms with Crippen molar-refractivity contribution in [1.82, 2.24) is 15.1 Å². The summed E-state index contributed by atoms with van der Waals surface area (Å²) in [7, 11) is 0. The Balaban J connectivity index is 1.75. The minimum atomic E-state index is -0.485. The van der Waals surface area contributed by atoms with Crippen molar-refractivity contribution in [2.24, 2.45) is 0 Å². The van der Waals surface area contributed by atoms with E-state index in [1.165, 1.54) is 17.0 Å². The van der Waals surface area contributed by atoms with E-state index in [9.17, 15) is 9.18 Å². The smallest absolute Gasteiger partial charge is 0.254 e. The van der Waals surface area contributed by atoms with Crippen LogP contribution in [0.15, 0.2) is 41.8 Å². The molecule has 1 fully saturated rings. The summed E-state index contributed by atoms with van der Waals surface area (Å²) in [5, 5.41) is 5.09. The number of rotatable bonds is 6. The van der Waals surface area contributed by atoms with Crippen LogP contribution in [-0.4, -0.2) is 54.5 Å². The predicted octanol–water partition coefficient (Wildman–Crippen LogP) is 3.38. The van der Waals surface area contributed by atoms with Crippen molar-refractivity contribution >= 4 is 17.2 Å². The minimum Gasteiger partial charge on any atom is -0.348 e. The lowest BCUT2D eigenvalue weighted by Crippen LogP contribution is -2.52. The van der Waals surface area contributed by atoms with Crippen molar-refractivity contribution < 1.29 is 9.18 Å². The van der Waals surface area contributed by atoms with Crippen molar-refractivity contribution in [3.8, 4) is 0 Å². The lowest BCUT2D eigenvalue weighted by Gasteiger charge is -2.41. The molecule has 2 aromatic rings. The van der Waals surface area contributed by atoms with Gasteiger partial charge in [0, 0.05) is 37.1 Å². The van der Waals surface area contributed by atoms with Crippen LogP contribution in [0.4, 0.5) is 4.39 Å². The summed E-state index contributed by atoms with van der Waals surface area (Å²) in [6.45, 7) is 9.27. The van der Waals surface area contributed by atoms with Crippen LogP contribution >= 0.6 is 11.3 Å². The number of thiophene rings is 1. The van der Waals surface area contributed by atoms with Crippen molar-refractivity contribution in [2.45, 2.75) is 25.9 Å². The molecule has 1 aromatic heterocycles. The van der Waals surface area contributed by atoms with Crippen molar-refractivity contribution in [3.05, 3.63) is 58.0 Å². The molecular weight excluding hydrogens is 349 g/mol. The van der Waals surface area contributed by atoms with Crippen LogP contribution in [0.3, 0.4) is 0 Å². The van der Waals surface area contributed by atoms with E-state index in [4.69, 9.17) is 0 Å². The summed E-state index contributed by atoms with van der Waals surface area (Å²) in [6, 6.07) is 10.3. The number of likely N-dealkylation sites (N-methyl/N-ethyl adjacent to an activating group) is 1. The van der Waals surface area contributed by atoms with E-state index < -0.39 is 5.82 Å². The summed E-state index contributed by atoms with van der Waals surface area (Å²) in [4.78, 5) is 18.7. The standard InChI is InChI=1S/C20H26FN3OS/c1-3-23-10-12-24(13-11-23)19(18-9-6-14-26-18)15(2)22-20(25)16-7-4-5-8-17(16)21/h4-9,14-15,19H,3,10-13H2,1-2H3,(H,22,25)/t15-,19+/m1/s1. The van der Waals surface area contributed by atoms with E-state index in [1.54, 1.807) is 23.5 Å². The number of nitrogens with one attached hydrogen (secondary N) is 1. The van der Waals surface area contributed by atoms with Gasteiger partial charge in [0.05, 0.1) is 11.6 Å². The topological polar surface area (TPSA) is 35.6 Å². The first-order valence-electron chi connectivity index (χ1n) is 9.15. The number of amides is 1. The Bertz CT molecular complexity index is 714. The SMILES string of the molecule is CCN1CCN([C@H](c2cccs2)[C@@H](C)NC(=O)c2ccccc2F)CC1. The predicted molar refractivity (Wildman–Crippen MR) is 104 cm³/mol. The van der Waals surface area contributed by atoms with E-state index in [0.717, 1.165) is 32.7 Å². The molecule has 26 heavy (non-hydrogen) atoms. The summed E-state index contributed by atoms with van der Waals surface area (Å²) in [6.07, 6.45) is 0. The number of carbonyl (C=O) groups excluding carboxylic acids is 1. The van der Waals surface area contributed by atoms with Crippen LogP contribution in [0.1, 0.15) is 35.1 Å². The summed E-state index contributed by atoms with van der Waals surface area (Å²) in [5.41, 5.74) is 0.0973. The zero-order valence-corrected chi connectivity index (χ0v) is 16.1. The highest BCUT2D eigenvalue weighted by Crippen LogP contribution is 2.29. The fourth-order valence-electron chi connectivity index (χ4n) is 3.57. The van der Waals surface area contributed by atoms with Gasteiger partial charge in [-0.25, -0.2) is 4.39 Å². The highest BCUT2D eigenvalue weighted by atomic mass is 32.1. The van der Waals surface area contributed by atoms with E-state index >= 15 is 0 Å². The number of piperazine rings is 1. The fraction of sp³-hybridized carbons (Fsp3) is 0.450. The second-order valence-electron chi connectivity index (χ2n) is 6.67. The fourth-order valence-corrected chi connectivity index (χ4v) is 4.53. The normalized spacial score (nSPS) is 18.4. The molecule has 140 valence electrons. The molecule has 0 aliphatic carbocycles. The maximum Gasteiger partial charge on any atom is 0.254 e. The molecule has 1 aliphatic heterocycles. The third-order valence-electron chi connectivity index (χ3n) is 5.03. The molecule has 3 rings (SSSR count). The molecule has 4 nitrogen and oxygen atoms in total. The van der Waals surface area contributed by atoms with Crippen molar-refractivity contribution in [2.75, 3.05) is 32.7 Å². The Morgan fingerprint density at radius 3 is 2.54 bits per heavy atom. The zero-order chi connectivity index (χ0) is 18.5. The van der Waals surface area contributed by atoms with Crippen LogP contribution in [0.5, 0.6) is 0 Å². The Hall–Kier alpha value is -1.76. The summed E-state index contributed by atoms with van der Waals surface area (Å²) < 4.78 is 13.9. The van der Waals surface area contributed by atoms with Gasteiger partial charge in [-0.05, 0) is 37.0 Å². The molecule has 6 heteroatoms. The average Bonchev–Trinajstić information content (AvgIpc) is 3.17. The van der Waals surface area contributed by atoms with Crippen molar-refractivity contribution in [1.29, 1.82) is 0 Å². The number of halogens is 1. The van der Waals surface area contributed by atoms with Gasteiger partial charge in [0.1, 0.15) is 5.82 Å². The lowest BCUT2D eigenvalue weighted by atomic mass is 10.0. The van der Waals surface area contributed by atoms with Crippen LogP contribution in [0.25, 0.3) is 0 Å². The number of carbonyl (C=O) groups is 1. The highest BCUT2D eigenvalue weighted by Gasteiger charge is 2.31. The van der Waals surface area contributed by atoms with Gasteiger partial charge in [0.2, 0.25) is 0 Å². The Morgan fingerprint density at radius 2 is 1.92 bits per heavy atom. The van der Waals surface area contributed by atoms with Gasteiger partial charge in [-0.1, -0.05) is 25.1 Å². The molecule has 0 radical (unpaired) electrons. The molecule has 1 N–H and O–H groups in total. The van der Waals surface area contributed by atoms with E-state index in [-0.39, 0.29) is 23.6 Å². The number of hydrogen-bond donors (Lipinski definition) is 1. The van der Waals surface area contributed by atoms with Crippen LogP contribution in [-0.2, 0) is 0 Å². The Labute approximate surface area is 158 Å².